The highest BCUT2D eigenvalue weighted by Crippen LogP contribution is 2.31. The SMILES string of the molecule is C=CCOc1ccc(C(=O)c2ccc(Nc3ccc(Br)cc3NC(C)=O)cc2Cl)c(C)c1. The highest BCUT2D eigenvalue weighted by molar-refractivity contribution is 9.10. The summed E-state index contributed by atoms with van der Waals surface area (Å²) < 4.78 is 6.36. The van der Waals surface area contributed by atoms with Crippen LogP contribution < -0.4 is 15.4 Å². The van der Waals surface area contributed by atoms with Crippen molar-refractivity contribution >= 4 is 56.3 Å². The van der Waals surface area contributed by atoms with Crippen LogP contribution in [-0.4, -0.2) is 18.3 Å². The molecule has 0 fully saturated rings. The molecule has 0 saturated carbocycles. The fraction of sp³-hybridized carbons (Fsp3) is 0.120. The number of ether oxygens (including phenoxy) is 1. The Morgan fingerprint density at radius 2 is 1.81 bits per heavy atom. The average molecular weight is 514 g/mol. The van der Waals surface area contributed by atoms with E-state index in [1.807, 2.05) is 25.1 Å². The zero-order valence-electron chi connectivity index (χ0n) is 17.7. The van der Waals surface area contributed by atoms with E-state index >= 15 is 0 Å². The van der Waals surface area contributed by atoms with Crippen molar-refractivity contribution in [3.63, 3.8) is 0 Å². The van der Waals surface area contributed by atoms with Crippen molar-refractivity contribution in [2.24, 2.45) is 0 Å². The first-order valence-electron chi connectivity index (χ1n) is 9.81. The third kappa shape index (κ3) is 5.78. The summed E-state index contributed by atoms with van der Waals surface area (Å²) in [5.74, 6) is 0.326. The van der Waals surface area contributed by atoms with Gasteiger partial charge in [0.1, 0.15) is 12.4 Å². The molecule has 0 aliphatic carbocycles. The lowest BCUT2D eigenvalue weighted by Gasteiger charge is -2.14. The van der Waals surface area contributed by atoms with E-state index < -0.39 is 0 Å². The highest BCUT2D eigenvalue weighted by atomic mass is 79.9. The van der Waals surface area contributed by atoms with Crippen molar-refractivity contribution in [3.05, 3.63) is 93.4 Å². The topological polar surface area (TPSA) is 67.4 Å². The van der Waals surface area contributed by atoms with Crippen molar-refractivity contribution in [2.75, 3.05) is 17.2 Å². The number of hydrogen-bond donors (Lipinski definition) is 2. The second-order valence-electron chi connectivity index (χ2n) is 7.10. The standard InChI is InChI=1S/C25H22BrClN2O3/c1-4-11-32-19-7-9-20(15(2)12-19)25(31)21-8-6-18(14-22(21)27)29-23-10-5-17(26)13-24(23)28-16(3)30/h4-10,12-14,29H,1,11H2,2-3H3,(H,28,30). The Morgan fingerprint density at radius 3 is 2.47 bits per heavy atom. The first kappa shape index (κ1) is 23.6. The molecule has 0 atom stereocenters. The average Bonchev–Trinajstić information content (AvgIpc) is 2.73. The van der Waals surface area contributed by atoms with Gasteiger partial charge >= 0.3 is 0 Å². The van der Waals surface area contributed by atoms with E-state index in [0.29, 0.717) is 45.6 Å². The Labute approximate surface area is 200 Å². The van der Waals surface area contributed by atoms with E-state index in [4.69, 9.17) is 16.3 Å². The fourth-order valence-corrected chi connectivity index (χ4v) is 3.76. The Morgan fingerprint density at radius 1 is 1.06 bits per heavy atom. The number of carbonyl (C=O) groups excluding carboxylic acids is 2. The van der Waals surface area contributed by atoms with Gasteiger partial charge in [0, 0.05) is 28.2 Å². The normalized spacial score (nSPS) is 10.4. The Hall–Kier alpha value is -3.09. The number of halogens is 2. The van der Waals surface area contributed by atoms with Gasteiger partial charge in [-0.3, -0.25) is 9.59 Å². The van der Waals surface area contributed by atoms with Gasteiger partial charge in [-0.1, -0.05) is 40.2 Å². The van der Waals surface area contributed by atoms with Gasteiger partial charge in [0.15, 0.2) is 5.78 Å². The summed E-state index contributed by atoms with van der Waals surface area (Å²) in [5, 5.41) is 6.35. The summed E-state index contributed by atoms with van der Waals surface area (Å²) in [6.07, 6.45) is 1.66. The molecule has 1 amide bonds. The third-order valence-electron chi connectivity index (χ3n) is 4.60. The molecule has 0 heterocycles. The molecule has 32 heavy (non-hydrogen) atoms. The van der Waals surface area contributed by atoms with Crippen molar-refractivity contribution in [2.45, 2.75) is 13.8 Å². The maximum atomic E-state index is 13.1. The summed E-state index contributed by atoms with van der Waals surface area (Å²) in [6.45, 7) is 7.33. The highest BCUT2D eigenvalue weighted by Gasteiger charge is 2.16. The van der Waals surface area contributed by atoms with Gasteiger partial charge in [0.05, 0.1) is 16.4 Å². The monoisotopic (exact) mass is 512 g/mol. The van der Waals surface area contributed by atoms with Gasteiger partial charge in [-0.05, 0) is 67.1 Å². The minimum Gasteiger partial charge on any atom is -0.490 e. The molecule has 0 unspecified atom stereocenters. The molecule has 0 aliphatic heterocycles. The number of amides is 1. The van der Waals surface area contributed by atoms with Crippen molar-refractivity contribution < 1.29 is 14.3 Å². The third-order valence-corrected chi connectivity index (χ3v) is 5.40. The van der Waals surface area contributed by atoms with Crippen molar-refractivity contribution in [3.8, 4) is 5.75 Å². The van der Waals surface area contributed by atoms with Gasteiger partial charge in [-0.25, -0.2) is 0 Å². The molecule has 7 heteroatoms. The number of benzene rings is 3. The van der Waals surface area contributed by atoms with Crippen LogP contribution in [-0.2, 0) is 4.79 Å². The lowest BCUT2D eigenvalue weighted by molar-refractivity contribution is -0.114. The molecule has 2 N–H and O–H groups in total. The first-order chi connectivity index (χ1) is 15.3. The summed E-state index contributed by atoms with van der Waals surface area (Å²) >= 11 is 9.87. The van der Waals surface area contributed by atoms with Crippen LogP contribution in [0.4, 0.5) is 17.1 Å². The van der Waals surface area contributed by atoms with E-state index in [1.165, 1.54) is 6.92 Å². The summed E-state index contributed by atoms with van der Waals surface area (Å²) in [5.41, 5.74) is 3.76. The van der Waals surface area contributed by atoms with Crippen LogP contribution in [0, 0.1) is 6.92 Å². The van der Waals surface area contributed by atoms with E-state index in [0.717, 1.165) is 10.0 Å². The molecular weight excluding hydrogens is 492 g/mol. The fourth-order valence-electron chi connectivity index (χ4n) is 3.13. The van der Waals surface area contributed by atoms with Crippen LogP contribution in [0.1, 0.15) is 28.4 Å². The number of anilines is 3. The molecule has 0 bridgehead atoms. The first-order valence-corrected chi connectivity index (χ1v) is 11.0. The zero-order valence-corrected chi connectivity index (χ0v) is 20.0. The number of carbonyl (C=O) groups is 2. The van der Waals surface area contributed by atoms with Crippen molar-refractivity contribution in [1.82, 2.24) is 0 Å². The van der Waals surface area contributed by atoms with Crippen LogP contribution in [0.15, 0.2) is 71.7 Å². The number of ketones is 1. The van der Waals surface area contributed by atoms with Crippen LogP contribution >= 0.6 is 27.5 Å². The quantitative estimate of drug-likeness (QED) is 0.254. The van der Waals surface area contributed by atoms with Gasteiger partial charge in [-0.15, -0.1) is 0 Å². The molecule has 0 saturated heterocycles. The number of hydrogen-bond acceptors (Lipinski definition) is 4. The molecule has 164 valence electrons. The molecular formula is C25H22BrClN2O3. The minimum atomic E-state index is -0.179. The van der Waals surface area contributed by atoms with E-state index in [-0.39, 0.29) is 11.7 Å². The van der Waals surface area contributed by atoms with E-state index in [2.05, 4.69) is 33.1 Å². The van der Waals surface area contributed by atoms with Crippen molar-refractivity contribution in [1.29, 1.82) is 0 Å². The maximum Gasteiger partial charge on any atom is 0.221 e. The summed E-state index contributed by atoms with van der Waals surface area (Å²) in [6, 6.07) is 15.9. The predicted octanol–water partition coefficient (Wildman–Crippen LogP) is 6.91. The van der Waals surface area contributed by atoms with Gasteiger partial charge in [-0.2, -0.15) is 0 Å². The van der Waals surface area contributed by atoms with Gasteiger partial charge < -0.3 is 15.4 Å². The van der Waals surface area contributed by atoms with Gasteiger partial charge in [0.25, 0.3) is 0 Å². The lowest BCUT2D eigenvalue weighted by atomic mass is 9.98. The van der Waals surface area contributed by atoms with Crippen LogP contribution in [0.3, 0.4) is 0 Å². The van der Waals surface area contributed by atoms with E-state index in [9.17, 15) is 9.59 Å². The summed E-state index contributed by atoms with van der Waals surface area (Å²) in [7, 11) is 0. The molecule has 5 nitrogen and oxygen atoms in total. The molecule has 3 aromatic carbocycles. The Kier molecular flexibility index (Phi) is 7.72. The molecule has 0 aromatic heterocycles. The molecule has 0 aliphatic rings. The zero-order chi connectivity index (χ0) is 23.3. The maximum absolute atomic E-state index is 13.1. The second-order valence-corrected chi connectivity index (χ2v) is 8.42. The van der Waals surface area contributed by atoms with E-state index in [1.54, 1.807) is 42.5 Å². The molecule has 0 radical (unpaired) electrons. The van der Waals surface area contributed by atoms with Crippen LogP contribution in [0.5, 0.6) is 5.75 Å². The Bertz CT molecular complexity index is 1190. The molecule has 3 rings (SSSR count). The Balaban J connectivity index is 1.84. The van der Waals surface area contributed by atoms with Crippen LogP contribution in [0.2, 0.25) is 5.02 Å². The number of rotatable bonds is 8. The molecule has 3 aromatic rings. The number of nitrogens with one attached hydrogen (secondary N) is 2. The smallest absolute Gasteiger partial charge is 0.221 e. The minimum absolute atomic E-state index is 0.170. The van der Waals surface area contributed by atoms with Gasteiger partial charge in [0.2, 0.25) is 5.91 Å². The molecule has 0 spiro atoms. The number of aryl methyl sites for hydroxylation is 1. The lowest BCUT2D eigenvalue weighted by Crippen LogP contribution is -2.08. The van der Waals surface area contributed by atoms with Crippen LogP contribution in [0.25, 0.3) is 0 Å². The predicted molar refractivity (Wildman–Crippen MR) is 133 cm³/mol. The summed E-state index contributed by atoms with van der Waals surface area (Å²) in [4.78, 5) is 24.6. The second kappa shape index (κ2) is 10.5. The largest absolute Gasteiger partial charge is 0.490 e.